The van der Waals surface area contributed by atoms with Crippen molar-refractivity contribution >= 4 is 17.5 Å². The van der Waals surface area contributed by atoms with E-state index < -0.39 is 6.61 Å². The van der Waals surface area contributed by atoms with E-state index in [1.165, 1.54) is 18.6 Å². The average molecular weight is 463 g/mol. The molecule has 0 radical (unpaired) electrons. The predicted octanol–water partition coefficient (Wildman–Crippen LogP) is 6.30. The topological polar surface area (TPSA) is 41.6 Å². The van der Waals surface area contributed by atoms with Crippen LogP contribution >= 0.6 is 11.6 Å². The first kappa shape index (κ1) is 23.0. The molecule has 0 spiro atoms. The highest BCUT2D eigenvalue weighted by Gasteiger charge is 2.40. The molecule has 1 aliphatic carbocycles. The van der Waals surface area contributed by atoms with Crippen molar-refractivity contribution in [3.05, 3.63) is 64.7 Å². The van der Waals surface area contributed by atoms with Gasteiger partial charge in [0.1, 0.15) is 5.75 Å². The van der Waals surface area contributed by atoms with E-state index in [2.05, 4.69) is 22.2 Å². The molecule has 1 aliphatic heterocycles. The number of likely N-dealkylation sites (tertiary alicyclic amines) is 1. The molecule has 1 heterocycles. The smallest absolute Gasteiger partial charge is 0.387 e. The van der Waals surface area contributed by atoms with Crippen LogP contribution in [0.2, 0.25) is 5.02 Å². The lowest BCUT2D eigenvalue weighted by Gasteiger charge is -2.35. The van der Waals surface area contributed by atoms with Gasteiger partial charge in [0.15, 0.2) is 0 Å². The van der Waals surface area contributed by atoms with Crippen molar-refractivity contribution < 1.29 is 18.3 Å². The van der Waals surface area contributed by atoms with Gasteiger partial charge in [0, 0.05) is 23.0 Å². The second-order valence-corrected chi connectivity index (χ2v) is 9.05. The van der Waals surface area contributed by atoms with Gasteiger partial charge in [-0.3, -0.25) is 10.1 Å². The summed E-state index contributed by atoms with van der Waals surface area (Å²) in [6.45, 7) is -2.63. The van der Waals surface area contributed by atoms with Crippen LogP contribution in [0, 0.1) is 5.92 Å². The second kappa shape index (κ2) is 10.6. The summed E-state index contributed by atoms with van der Waals surface area (Å²) in [7, 11) is 0. The van der Waals surface area contributed by atoms with Gasteiger partial charge in [-0.05, 0) is 49.4 Å². The van der Waals surface area contributed by atoms with Gasteiger partial charge in [-0.15, -0.1) is 0 Å². The summed E-state index contributed by atoms with van der Waals surface area (Å²) in [5.41, 5.74) is 1.68. The Bertz CT molecular complexity index is 906. The van der Waals surface area contributed by atoms with E-state index in [0.717, 1.165) is 44.1 Å². The molecule has 1 amide bonds. The van der Waals surface area contributed by atoms with Crippen LogP contribution in [0.3, 0.4) is 0 Å². The molecule has 4 nitrogen and oxygen atoms in total. The van der Waals surface area contributed by atoms with Gasteiger partial charge < -0.3 is 9.64 Å². The Morgan fingerprint density at radius 3 is 2.53 bits per heavy atom. The van der Waals surface area contributed by atoms with E-state index in [1.807, 2.05) is 23.1 Å². The summed E-state index contributed by atoms with van der Waals surface area (Å²) in [5, 5.41) is 3.88. The van der Waals surface area contributed by atoms with Crippen LogP contribution in [0.5, 0.6) is 5.75 Å². The molecule has 1 saturated heterocycles. The molecular weight excluding hydrogens is 434 g/mol. The fraction of sp³-hybridized carbons (Fsp3) is 0.480. The van der Waals surface area contributed by atoms with Crippen molar-refractivity contribution in [3.8, 4) is 5.75 Å². The van der Waals surface area contributed by atoms with Gasteiger partial charge in [-0.2, -0.15) is 8.78 Å². The van der Waals surface area contributed by atoms with E-state index in [4.69, 9.17) is 11.6 Å². The Kier molecular flexibility index (Phi) is 7.63. The predicted molar refractivity (Wildman–Crippen MR) is 121 cm³/mol. The molecule has 1 N–H and O–H groups in total. The third-order valence-corrected chi connectivity index (χ3v) is 6.78. The zero-order chi connectivity index (χ0) is 22.5. The molecule has 7 heteroatoms. The third-order valence-electron chi connectivity index (χ3n) is 6.55. The highest BCUT2D eigenvalue weighted by molar-refractivity contribution is 6.30. The molecule has 2 fully saturated rings. The summed E-state index contributed by atoms with van der Waals surface area (Å²) in [5.74, 6) is 0.352. The Morgan fingerprint density at radius 1 is 1.06 bits per heavy atom. The number of halogens is 3. The van der Waals surface area contributed by atoms with Crippen molar-refractivity contribution in [2.75, 3.05) is 0 Å². The highest BCUT2D eigenvalue weighted by Crippen LogP contribution is 2.39. The van der Waals surface area contributed by atoms with Crippen LogP contribution in [0.25, 0.3) is 0 Å². The maximum Gasteiger partial charge on any atom is 0.387 e. The number of nitrogens with one attached hydrogen (secondary N) is 1. The highest BCUT2D eigenvalue weighted by atomic mass is 35.5. The first-order chi connectivity index (χ1) is 15.5. The van der Waals surface area contributed by atoms with Crippen LogP contribution in [0.4, 0.5) is 8.78 Å². The number of nitrogens with zero attached hydrogens (tertiary/aromatic N) is 1. The third kappa shape index (κ3) is 5.41. The van der Waals surface area contributed by atoms with Gasteiger partial charge in [-0.25, -0.2) is 0 Å². The molecule has 2 aliphatic rings. The Labute approximate surface area is 192 Å². The van der Waals surface area contributed by atoms with Crippen molar-refractivity contribution in [2.24, 2.45) is 5.92 Å². The minimum absolute atomic E-state index is 0.0132. The minimum atomic E-state index is -2.91. The van der Waals surface area contributed by atoms with Crippen LogP contribution in [-0.4, -0.2) is 23.6 Å². The number of ether oxygens (including phenoxy) is 1. The lowest BCUT2D eigenvalue weighted by atomic mass is 9.88. The Hall–Kier alpha value is -2.18. The summed E-state index contributed by atoms with van der Waals surface area (Å²) in [6.07, 6.45) is 6.72. The van der Waals surface area contributed by atoms with Crippen molar-refractivity contribution in [3.63, 3.8) is 0 Å². The van der Waals surface area contributed by atoms with Crippen LogP contribution in [-0.2, 0) is 11.3 Å². The van der Waals surface area contributed by atoms with E-state index in [0.29, 0.717) is 10.6 Å². The molecule has 2 aromatic carbocycles. The van der Waals surface area contributed by atoms with Gasteiger partial charge in [0.05, 0.1) is 12.2 Å². The average Bonchev–Trinajstić information content (AvgIpc) is 3.23. The zero-order valence-corrected chi connectivity index (χ0v) is 18.7. The Balaban J connectivity index is 1.54. The fourth-order valence-electron chi connectivity index (χ4n) is 5.01. The first-order valence-corrected chi connectivity index (χ1v) is 11.7. The van der Waals surface area contributed by atoms with E-state index in [-0.39, 0.29) is 36.3 Å². The van der Waals surface area contributed by atoms with Crippen molar-refractivity contribution in [2.45, 2.75) is 70.3 Å². The number of rotatable bonds is 7. The lowest BCUT2D eigenvalue weighted by molar-refractivity contribution is -0.140. The van der Waals surface area contributed by atoms with E-state index in [1.54, 1.807) is 6.07 Å². The largest absolute Gasteiger partial charge is 0.434 e. The summed E-state index contributed by atoms with van der Waals surface area (Å²) in [6, 6.07) is 14.7. The lowest BCUT2D eigenvalue weighted by Crippen LogP contribution is -2.48. The normalized spacial score (nSPS) is 21.8. The number of benzene rings is 2. The molecule has 2 unspecified atom stereocenters. The van der Waals surface area contributed by atoms with Gasteiger partial charge in [0.2, 0.25) is 5.91 Å². The molecule has 32 heavy (non-hydrogen) atoms. The molecule has 1 saturated carbocycles. The van der Waals surface area contributed by atoms with Crippen LogP contribution < -0.4 is 10.1 Å². The Morgan fingerprint density at radius 2 is 1.81 bits per heavy atom. The number of alkyl halides is 2. The van der Waals surface area contributed by atoms with Crippen LogP contribution in [0.15, 0.2) is 48.5 Å². The molecule has 172 valence electrons. The number of amides is 1. The summed E-state index contributed by atoms with van der Waals surface area (Å²) in [4.78, 5) is 15.6. The maximum atomic E-state index is 13.6. The molecule has 2 atom stereocenters. The number of hydrogen-bond donors (Lipinski definition) is 1. The van der Waals surface area contributed by atoms with E-state index >= 15 is 0 Å². The monoisotopic (exact) mass is 462 g/mol. The summed E-state index contributed by atoms with van der Waals surface area (Å²) >= 11 is 6.10. The van der Waals surface area contributed by atoms with Gasteiger partial charge >= 0.3 is 6.61 Å². The quantitative estimate of drug-likeness (QED) is 0.525. The number of carbonyl (C=O) groups is 1. The number of hydrogen-bond acceptors (Lipinski definition) is 3. The SMILES string of the molecule is O=C(C1CCCCC1)N1C(NCc2cc(Cl)ccc2OC(F)F)CCC1c1ccccc1. The molecule has 4 rings (SSSR count). The zero-order valence-electron chi connectivity index (χ0n) is 18.0. The van der Waals surface area contributed by atoms with Crippen molar-refractivity contribution in [1.82, 2.24) is 10.2 Å². The standard InChI is InChI=1S/C25H29ClF2N2O2/c26-20-11-13-22(32-25(27)28)19(15-20)16-29-23-14-12-21(17-7-3-1-4-8-17)30(23)24(31)18-9-5-2-6-10-18/h1,3-4,7-8,11,13,15,18,21,23,25,29H,2,5-6,9-10,12,14,16H2. The molecule has 0 bridgehead atoms. The summed E-state index contributed by atoms with van der Waals surface area (Å²) < 4.78 is 30.3. The van der Waals surface area contributed by atoms with Gasteiger partial charge in [-0.1, -0.05) is 61.2 Å². The molecule has 0 aromatic heterocycles. The number of carbonyl (C=O) groups excluding carboxylic acids is 1. The van der Waals surface area contributed by atoms with E-state index in [9.17, 15) is 13.6 Å². The minimum Gasteiger partial charge on any atom is -0.434 e. The van der Waals surface area contributed by atoms with Crippen LogP contribution in [0.1, 0.15) is 62.1 Å². The van der Waals surface area contributed by atoms with Gasteiger partial charge in [0.25, 0.3) is 0 Å². The maximum absolute atomic E-state index is 13.6. The molecule has 2 aromatic rings. The first-order valence-electron chi connectivity index (χ1n) is 11.4. The molecular formula is C25H29ClF2N2O2. The van der Waals surface area contributed by atoms with Crippen molar-refractivity contribution in [1.29, 1.82) is 0 Å². The second-order valence-electron chi connectivity index (χ2n) is 8.61. The fourth-order valence-corrected chi connectivity index (χ4v) is 5.20.